The molecular weight excluding hydrogens is 412 g/mol. The van der Waals surface area contributed by atoms with Crippen molar-refractivity contribution in [2.24, 2.45) is 5.92 Å². The van der Waals surface area contributed by atoms with Gasteiger partial charge in [0.2, 0.25) is 17.7 Å². The van der Waals surface area contributed by atoms with Crippen molar-refractivity contribution in [2.75, 3.05) is 33.9 Å². The summed E-state index contributed by atoms with van der Waals surface area (Å²) in [6.45, 7) is 2.93. The monoisotopic (exact) mass is 442 g/mol. The number of amides is 2. The Morgan fingerprint density at radius 3 is 2.84 bits per heavy atom. The summed E-state index contributed by atoms with van der Waals surface area (Å²) in [4.78, 5) is 31.5. The molecule has 2 fully saturated rings. The lowest BCUT2D eigenvalue weighted by atomic mass is 9.80. The molecule has 1 saturated carbocycles. The summed E-state index contributed by atoms with van der Waals surface area (Å²) in [7, 11) is 3.15. The molecule has 1 aromatic carbocycles. The summed E-state index contributed by atoms with van der Waals surface area (Å²) in [5, 5.41) is 7.16. The summed E-state index contributed by atoms with van der Waals surface area (Å²) in [5.41, 5.74) is 0.573. The molecule has 0 radical (unpaired) electrons. The van der Waals surface area contributed by atoms with E-state index in [4.69, 9.17) is 14.0 Å². The van der Waals surface area contributed by atoms with Gasteiger partial charge in [-0.2, -0.15) is 4.98 Å². The van der Waals surface area contributed by atoms with Crippen molar-refractivity contribution >= 4 is 11.8 Å². The Bertz CT molecular complexity index is 977. The molecule has 0 unspecified atom stereocenters. The molecule has 4 rings (SSSR count). The minimum Gasteiger partial charge on any atom is -0.496 e. The SMILES string of the molecule is COCC(=O)N1C[C@@H]2C[C@@H](NC(=O)CCc3ccccc3OC)C[C@]2(c2nc(C)no2)C1. The number of carbonyl (C=O) groups is 2. The van der Waals surface area contributed by atoms with Crippen molar-refractivity contribution in [1.82, 2.24) is 20.4 Å². The molecular formula is C23H30N4O5. The lowest BCUT2D eigenvalue weighted by molar-refractivity contribution is -0.134. The molecule has 9 heteroatoms. The van der Waals surface area contributed by atoms with E-state index in [2.05, 4.69) is 15.5 Å². The number of fused-ring (bicyclic) bond motifs is 1. The Morgan fingerprint density at radius 1 is 1.31 bits per heavy atom. The van der Waals surface area contributed by atoms with E-state index in [1.54, 1.807) is 14.0 Å². The summed E-state index contributed by atoms with van der Waals surface area (Å²) >= 11 is 0. The molecule has 2 aromatic rings. The van der Waals surface area contributed by atoms with E-state index in [0.717, 1.165) is 17.7 Å². The molecule has 2 aliphatic rings. The summed E-state index contributed by atoms with van der Waals surface area (Å²) in [6.07, 6.45) is 2.42. The fraction of sp³-hybridized carbons (Fsp3) is 0.565. The third-order valence-electron chi connectivity index (χ3n) is 6.63. The average molecular weight is 443 g/mol. The number of nitrogens with one attached hydrogen (secondary N) is 1. The highest BCUT2D eigenvalue weighted by Gasteiger charge is 2.58. The highest BCUT2D eigenvalue weighted by Crippen LogP contribution is 2.50. The third-order valence-corrected chi connectivity index (χ3v) is 6.63. The van der Waals surface area contributed by atoms with E-state index in [1.165, 1.54) is 7.11 Å². The molecule has 1 aromatic heterocycles. The van der Waals surface area contributed by atoms with Gasteiger partial charge >= 0.3 is 0 Å². The van der Waals surface area contributed by atoms with Crippen molar-refractivity contribution in [3.05, 3.63) is 41.5 Å². The normalized spacial score (nSPS) is 24.4. The molecule has 9 nitrogen and oxygen atoms in total. The van der Waals surface area contributed by atoms with Gasteiger partial charge in [-0.3, -0.25) is 9.59 Å². The first-order chi connectivity index (χ1) is 15.4. The van der Waals surface area contributed by atoms with Gasteiger partial charge in [0.15, 0.2) is 5.82 Å². The van der Waals surface area contributed by atoms with Gasteiger partial charge in [-0.05, 0) is 43.7 Å². The Morgan fingerprint density at radius 2 is 2.12 bits per heavy atom. The molecule has 1 saturated heterocycles. The van der Waals surface area contributed by atoms with Crippen LogP contribution in [0, 0.1) is 12.8 Å². The number of ether oxygens (including phenoxy) is 2. The lowest BCUT2D eigenvalue weighted by Crippen LogP contribution is -2.40. The van der Waals surface area contributed by atoms with Gasteiger partial charge in [0.05, 0.1) is 12.5 Å². The fourth-order valence-electron chi connectivity index (χ4n) is 5.17. The van der Waals surface area contributed by atoms with Crippen LogP contribution < -0.4 is 10.1 Å². The molecule has 172 valence electrons. The minimum absolute atomic E-state index is 0.00273. The van der Waals surface area contributed by atoms with Gasteiger partial charge in [-0.15, -0.1) is 0 Å². The van der Waals surface area contributed by atoms with Crippen LogP contribution in [-0.4, -0.2) is 66.8 Å². The first-order valence-electron chi connectivity index (χ1n) is 10.9. The van der Waals surface area contributed by atoms with E-state index in [9.17, 15) is 9.59 Å². The molecule has 3 atom stereocenters. The quantitative estimate of drug-likeness (QED) is 0.662. The topological polar surface area (TPSA) is 107 Å². The number of rotatable bonds is 8. The van der Waals surface area contributed by atoms with E-state index in [-0.39, 0.29) is 30.4 Å². The van der Waals surface area contributed by atoms with Crippen molar-refractivity contribution in [3.63, 3.8) is 0 Å². The average Bonchev–Trinajstić information content (AvgIpc) is 3.45. The van der Waals surface area contributed by atoms with Gasteiger partial charge < -0.3 is 24.2 Å². The van der Waals surface area contributed by atoms with Gasteiger partial charge in [-0.25, -0.2) is 0 Å². The predicted molar refractivity (Wildman–Crippen MR) is 115 cm³/mol. The number of likely N-dealkylation sites (tertiary alicyclic amines) is 1. The number of para-hydroxylation sites is 1. The smallest absolute Gasteiger partial charge is 0.248 e. The van der Waals surface area contributed by atoms with Gasteiger partial charge in [0.25, 0.3) is 0 Å². The molecule has 1 aliphatic heterocycles. The molecule has 2 heterocycles. The van der Waals surface area contributed by atoms with Crippen LogP contribution >= 0.6 is 0 Å². The Hall–Kier alpha value is -2.94. The van der Waals surface area contributed by atoms with Gasteiger partial charge in [0.1, 0.15) is 12.4 Å². The maximum atomic E-state index is 12.7. The number of carbonyl (C=O) groups excluding carboxylic acids is 2. The van der Waals surface area contributed by atoms with E-state index >= 15 is 0 Å². The van der Waals surface area contributed by atoms with Crippen LogP contribution in [-0.2, 0) is 26.2 Å². The number of hydrogen-bond donors (Lipinski definition) is 1. The Kier molecular flexibility index (Phi) is 6.45. The second kappa shape index (κ2) is 9.28. The molecule has 1 N–H and O–H groups in total. The van der Waals surface area contributed by atoms with Crippen LogP contribution in [0.4, 0.5) is 0 Å². The lowest BCUT2D eigenvalue weighted by Gasteiger charge is -2.25. The first kappa shape index (κ1) is 22.3. The van der Waals surface area contributed by atoms with Crippen molar-refractivity contribution in [1.29, 1.82) is 0 Å². The number of aryl methyl sites for hydroxylation is 2. The zero-order valence-corrected chi connectivity index (χ0v) is 18.8. The molecule has 32 heavy (non-hydrogen) atoms. The summed E-state index contributed by atoms with van der Waals surface area (Å²) in [5.74, 6) is 2.02. The standard InChI is InChI=1S/C23H30N4O5/c1-15-24-22(32-26-15)23-11-18(10-17(23)12-27(14-23)21(29)13-30-2)25-20(28)9-8-16-6-4-5-7-19(16)31-3/h4-7,17-18H,8-14H2,1-3H3,(H,25,28)/t17-,18+,23-/m0/s1. The zero-order valence-electron chi connectivity index (χ0n) is 18.8. The molecule has 0 bridgehead atoms. The van der Waals surface area contributed by atoms with Crippen molar-refractivity contribution in [3.8, 4) is 5.75 Å². The van der Waals surface area contributed by atoms with Crippen LogP contribution in [0.2, 0.25) is 0 Å². The van der Waals surface area contributed by atoms with Crippen LogP contribution in [0.3, 0.4) is 0 Å². The number of aromatic nitrogens is 2. The van der Waals surface area contributed by atoms with Crippen LogP contribution in [0.5, 0.6) is 5.75 Å². The zero-order chi connectivity index (χ0) is 22.7. The predicted octanol–water partition coefficient (Wildman–Crippen LogP) is 1.64. The number of methoxy groups -OCH3 is 2. The fourth-order valence-corrected chi connectivity index (χ4v) is 5.17. The van der Waals surface area contributed by atoms with Crippen LogP contribution in [0.15, 0.2) is 28.8 Å². The highest BCUT2D eigenvalue weighted by atomic mass is 16.5. The summed E-state index contributed by atoms with van der Waals surface area (Å²) < 4.78 is 16.0. The van der Waals surface area contributed by atoms with Crippen LogP contribution in [0.25, 0.3) is 0 Å². The van der Waals surface area contributed by atoms with E-state index in [0.29, 0.717) is 44.1 Å². The second-order valence-electron chi connectivity index (χ2n) is 8.72. The molecule has 0 spiro atoms. The summed E-state index contributed by atoms with van der Waals surface area (Å²) in [6, 6.07) is 7.74. The minimum atomic E-state index is -0.439. The van der Waals surface area contributed by atoms with Crippen molar-refractivity contribution in [2.45, 2.75) is 44.1 Å². The number of benzene rings is 1. The van der Waals surface area contributed by atoms with Gasteiger partial charge in [-0.1, -0.05) is 23.4 Å². The largest absolute Gasteiger partial charge is 0.496 e. The number of hydrogen-bond acceptors (Lipinski definition) is 7. The third kappa shape index (κ3) is 4.34. The van der Waals surface area contributed by atoms with Gasteiger partial charge in [0, 0.05) is 32.7 Å². The van der Waals surface area contributed by atoms with E-state index < -0.39 is 5.41 Å². The van der Waals surface area contributed by atoms with Crippen LogP contribution in [0.1, 0.15) is 36.5 Å². The first-order valence-corrected chi connectivity index (χ1v) is 10.9. The maximum Gasteiger partial charge on any atom is 0.248 e. The number of nitrogens with zero attached hydrogens (tertiary/aromatic N) is 3. The van der Waals surface area contributed by atoms with E-state index in [1.807, 2.05) is 29.2 Å². The Balaban J connectivity index is 1.42. The molecule has 2 amide bonds. The second-order valence-corrected chi connectivity index (χ2v) is 8.72. The van der Waals surface area contributed by atoms with Crippen molar-refractivity contribution < 1.29 is 23.6 Å². The highest BCUT2D eigenvalue weighted by molar-refractivity contribution is 5.78. The molecule has 1 aliphatic carbocycles. The maximum absolute atomic E-state index is 12.7. The Labute approximate surface area is 187 Å².